The maximum atomic E-state index is 5.15. The molecule has 17 heavy (non-hydrogen) atoms. The number of nitrogens with zero attached hydrogens (tertiary/aromatic N) is 2. The van der Waals surface area contributed by atoms with Crippen LogP contribution in [0.5, 0.6) is 0 Å². The molecule has 0 bridgehead atoms. The van der Waals surface area contributed by atoms with Gasteiger partial charge in [0.1, 0.15) is 0 Å². The molecular weight excluding hydrogens is 212 g/mol. The minimum atomic E-state index is 0.0956. The van der Waals surface area contributed by atoms with Crippen molar-refractivity contribution in [3.63, 3.8) is 0 Å². The second-order valence-corrected chi connectivity index (χ2v) is 6.63. The lowest BCUT2D eigenvalue weighted by molar-refractivity contribution is 0.181. The van der Waals surface area contributed by atoms with E-state index in [4.69, 9.17) is 9.84 Å². The lowest BCUT2D eigenvalue weighted by atomic mass is 9.88. The monoisotopic (exact) mass is 238 g/mol. The Balaban J connectivity index is 3.13. The fraction of sp³-hybridized carbons (Fsp3) is 0.786. The van der Waals surface area contributed by atoms with Gasteiger partial charge in [-0.2, -0.15) is 5.10 Å². The van der Waals surface area contributed by atoms with Gasteiger partial charge in [0, 0.05) is 23.6 Å². The maximum absolute atomic E-state index is 5.15. The lowest BCUT2D eigenvalue weighted by Crippen LogP contribution is -2.20. The highest BCUT2D eigenvalue weighted by atomic mass is 16.5. The van der Waals surface area contributed by atoms with E-state index in [9.17, 15) is 0 Å². The highest BCUT2D eigenvalue weighted by molar-refractivity contribution is 5.22. The van der Waals surface area contributed by atoms with Crippen LogP contribution in [0.4, 0.5) is 0 Å². The van der Waals surface area contributed by atoms with Gasteiger partial charge in [-0.1, -0.05) is 41.5 Å². The average Bonchev–Trinajstić information content (AvgIpc) is 2.56. The van der Waals surface area contributed by atoms with Gasteiger partial charge in [-0.3, -0.25) is 4.68 Å². The molecular formula is C14H26N2O. The van der Waals surface area contributed by atoms with E-state index in [1.165, 1.54) is 5.69 Å². The number of rotatable bonds is 3. The van der Waals surface area contributed by atoms with Gasteiger partial charge in [0.15, 0.2) is 0 Å². The molecule has 0 fully saturated rings. The molecule has 1 aromatic heterocycles. The zero-order valence-electron chi connectivity index (χ0n) is 12.3. The van der Waals surface area contributed by atoms with E-state index >= 15 is 0 Å². The summed E-state index contributed by atoms with van der Waals surface area (Å²) in [5.74, 6) is 0. The summed E-state index contributed by atoms with van der Waals surface area (Å²) >= 11 is 0. The fourth-order valence-corrected chi connectivity index (χ4v) is 1.74. The van der Waals surface area contributed by atoms with Crippen LogP contribution in [0.3, 0.4) is 0 Å². The molecule has 3 nitrogen and oxygen atoms in total. The first-order chi connectivity index (χ1) is 7.66. The molecule has 0 spiro atoms. The standard InChI is InChI=1S/C14H26N2O/c1-13(2,3)11-10-12(14(4,5)6)16(15-11)8-9-17-7/h10H,8-9H2,1-7H3. The van der Waals surface area contributed by atoms with Crippen LogP contribution >= 0.6 is 0 Å². The number of methoxy groups -OCH3 is 1. The van der Waals surface area contributed by atoms with Crippen molar-refractivity contribution in [1.82, 2.24) is 9.78 Å². The number of hydrogen-bond acceptors (Lipinski definition) is 2. The van der Waals surface area contributed by atoms with Crippen LogP contribution < -0.4 is 0 Å². The third-order valence-corrected chi connectivity index (χ3v) is 2.82. The van der Waals surface area contributed by atoms with E-state index in [-0.39, 0.29) is 10.8 Å². The molecule has 0 aromatic carbocycles. The second kappa shape index (κ2) is 4.81. The van der Waals surface area contributed by atoms with Crippen LogP contribution in [-0.4, -0.2) is 23.5 Å². The van der Waals surface area contributed by atoms with Gasteiger partial charge in [-0.25, -0.2) is 0 Å². The zero-order chi connectivity index (χ0) is 13.3. The van der Waals surface area contributed by atoms with Crippen molar-refractivity contribution in [2.45, 2.75) is 58.9 Å². The van der Waals surface area contributed by atoms with Gasteiger partial charge in [0.25, 0.3) is 0 Å². The van der Waals surface area contributed by atoms with E-state index < -0.39 is 0 Å². The predicted octanol–water partition coefficient (Wildman–Crippen LogP) is 3.12. The van der Waals surface area contributed by atoms with E-state index in [0.29, 0.717) is 6.61 Å². The van der Waals surface area contributed by atoms with Gasteiger partial charge in [-0.15, -0.1) is 0 Å². The van der Waals surface area contributed by atoms with Gasteiger partial charge >= 0.3 is 0 Å². The molecule has 0 unspecified atom stereocenters. The van der Waals surface area contributed by atoms with Gasteiger partial charge in [0.05, 0.1) is 18.8 Å². The zero-order valence-corrected chi connectivity index (χ0v) is 12.3. The number of ether oxygens (including phenoxy) is 1. The van der Waals surface area contributed by atoms with Crippen LogP contribution in [0, 0.1) is 0 Å². The highest BCUT2D eigenvalue weighted by Gasteiger charge is 2.25. The summed E-state index contributed by atoms with van der Waals surface area (Å²) in [7, 11) is 1.73. The SMILES string of the molecule is COCCn1nc(C(C)(C)C)cc1C(C)(C)C. The van der Waals surface area contributed by atoms with Crippen molar-refractivity contribution < 1.29 is 4.74 Å². The summed E-state index contributed by atoms with van der Waals surface area (Å²) in [5.41, 5.74) is 2.64. The average molecular weight is 238 g/mol. The Morgan fingerprint density at radius 2 is 1.71 bits per heavy atom. The molecule has 98 valence electrons. The Hall–Kier alpha value is -0.830. The molecule has 0 saturated carbocycles. The summed E-state index contributed by atoms with van der Waals surface area (Å²) in [6.45, 7) is 14.8. The highest BCUT2D eigenvalue weighted by Crippen LogP contribution is 2.28. The van der Waals surface area contributed by atoms with Crippen molar-refractivity contribution in [2.24, 2.45) is 0 Å². The van der Waals surface area contributed by atoms with Crippen molar-refractivity contribution in [3.05, 3.63) is 17.5 Å². The molecule has 0 saturated heterocycles. The third-order valence-electron chi connectivity index (χ3n) is 2.82. The predicted molar refractivity (Wildman–Crippen MR) is 71.5 cm³/mol. The number of aromatic nitrogens is 2. The van der Waals surface area contributed by atoms with Gasteiger partial charge in [0.2, 0.25) is 0 Å². The lowest BCUT2D eigenvalue weighted by Gasteiger charge is -2.20. The summed E-state index contributed by atoms with van der Waals surface area (Å²) in [5, 5.41) is 4.72. The van der Waals surface area contributed by atoms with Crippen LogP contribution in [0.25, 0.3) is 0 Å². The second-order valence-electron chi connectivity index (χ2n) is 6.63. The van der Waals surface area contributed by atoms with Crippen LogP contribution in [-0.2, 0) is 22.1 Å². The third kappa shape index (κ3) is 3.56. The summed E-state index contributed by atoms with van der Waals surface area (Å²) in [4.78, 5) is 0. The van der Waals surface area contributed by atoms with E-state index in [0.717, 1.165) is 12.2 Å². The largest absolute Gasteiger partial charge is 0.383 e. The van der Waals surface area contributed by atoms with Crippen LogP contribution in [0.1, 0.15) is 52.9 Å². The van der Waals surface area contributed by atoms with E-state index in [2.05, 4.69) is 52.3 Å². The first-order valence-electron chi connectivity index (χ1n) is 6.24. The molecule has 0 radical (unpaired) electrons. The van der Waals surface area contributed by atoms with Crippen molar-refractivity contribution >= 4 is 0 Å². The summed E-state index contributed by atoms with van der Waals surface area (Å²) < 4.78 is 7.23. The van der Waals surface area contributed by atoms with Crippen LogP contribution in [0.2, 0.25) is 0 Å². The molecule has 1 heterocycles. The van der Waals surface area contributed by atoms with Gasteiger partial charge in [-0.05, 0) is 6.07 Å². The Morgan fingerprint density at radius 1 is 1.12 bits per heavy atom. The molecule has 3 heteroatoms. The molecule has 0 atom stereocenters. The Morgan fingerprint density at radius 3 is 2.12 bits per heavy atom. The molecule has 0 amide bonds. The molecule has 0 N–H and O–H groups in total. The quantitative estimate of drug-likeness (QED) is 0.809. The van der Waals surface area contributed by atoms with E-state index in [1.54, 1.807) is 7.11 Å². The van der Waals surface area contributed by atoms with Crippen LogP contribution in [0.15, 0.2) is 6.07 Å². The first kappa shape index (κ1) is 14.2. The summed E-state index contributed by atoms with van der Waals surface area (Å²) in [6.07, 6.45) is 0. The first-order valence-corrected chi connectivity index (χ1v) is 6.24. The molecule has 0 aliphatic rings. The molecule has 1 aromatic rings. The van der Waals surface area contributed by atoms with Crippen molar-refractivity contribution in [3.8, 4) is 0 Å². The molecule has 0 aliphatic heterocycles. The van der Waals surface area contributed by atoms with Crippen molar-refractivity contribution in [2.75, 3.05) is 13.7 Å². The maximum Gasteiger partial charge on any atom is 0.0681 e. The number of hydrogen-bond donors (Lipinski definition) is 0. The van der Waals surface area contributed by atoms with Gasteiger partial charge < -0.3 is 4.74 Å². The Bertz CT molecular complexity index is 367. The molecule has 1 rings (SSSR count). The minimum absolute atomic E-state index is 0.0956. The molecule has 0 aliphatic carbocycles. The minimum Gasteiger partial charge on any atom is -0.383 e. The Kier molecular flexibility index (Phi) is 4.03. The fourth-order valence-electron chi connectivity index (χ4n) is 1.74. The topological polar surface area (TPSA) is 27.1 Å². The van der Waals surface area contributed by atoms with Crippen molar-refractivity contribution in [1.29, 1.82) is 0 Å². The van der Waals surface area contributed by atoms with E-state index in [1.807, 2.05) is 0 Å². The smallest absolute Gasteiger partial charge is 0.0681 e. The summed E-state index contributed by atoms with van der Waals surface area (Å²) in [6, 6.07) is 2.23. The normalized spacial score (nSPS) is 13.1. The Labute approximate surface area is 105 Å².